The van der Waals surface area contributed by atoms with Gasteiger partial charge < -0.3 is 29.6 Å². The van der Waals surface area contributed by atoms with Gasteiger partial charge in [0.2, 0.25) is 5.88 Å². The molecule has 1 saturated heterocycles. The third-order valence-electron chi connectivity index (χ3n) is 6.36. The molecule has 0 unspecified atom stereocenters. The summed E-state index contributed by atoms with van der Waals surface area (Å²) in [6.07, 6.45) is -2.84. The Morgan fingerprint density at radius 3 is 2.72 bits per heavy atom. The molecule has 3 heterocycles. The van der Waals surface area contributed by atoms with Crippen LogP contribution in [0.2, 0.25) is 0 Å². The molecule has 1 aromatic heterocycles. The summed E-state index contributed by atoms with van der Waals surface area (Å²) < 4.78 is 77.1. The van der Waals surface area contributed by atoms with Crippen LogP contribution in [0.3, 0.4) is 0 Å². The van der Waals surface area contributed by atoms with E-state index in [4.69, 9.17) is 18.9 Å². The van der Waals surface area contributed by atoms with Gasteiger partial charge in [0.05, 0.1) is 38.2 Å². The second-order valence-corrected chi connectivity index (χ2v) is 8.91. The van der Waals surface area contributed by atoms with Crippen molar-refractivity contribution in [2.75, 3.05) is 57.2 Å². The summed E-state index contributed by atoms with van der Waals surface area (Å²) in [5, 5.41) is 5.77. The lowest BCUT2D eigenvalue weighted by molar-refractivity contribution is -0.139. The normalized spacial score (nSPS) is 15.3. The Morgan fingerprint density at radius 2 is 1.95 bits per heavy atom. The number of ether oxygens (including phenoxy) is 4. The number of hydrogen-bond acceptors (Lipinski definition) is 9. The summed E-state index contributed by atoms with van der Waals surface area (Å²) in [4.78, 5) is 10.6. The fourth-order valence-corrected chi connectivity index (χ4v) is 4.35. The summed E-state index contributed by atoms with van der Waals surface area (Å²) in [7, 11) is 1.53. The molecule has 0 atom stereocenters. The largest absolute Gasteiger partial charge is 0.493 e. The van der Waals surface area contributed by atoms with Gasteiger partial charge in [-0.25, -0.2) is 9.37 Å². The molecule has 2 aliphatic rings. The standard InChI is InChI=1S/C26H27F4N5O4/c1-36-20-13-19-16(12-21(20)38-9-3-6-35-7-10-37-11-8-35)14-31-23-24(32-15-33-25(23)39-19)34-18-5-2-4-17(22(18)27)26(28,29)30/h2,4-5,12-13,15,31H,3,6-11,14H2,1H3,(H,32,33,34). The van der Waals surface area contributed by atoms with Crippen LogP contribution in [0.25, 0.3) is 0 Å². The number of fused-ring (bicyclic) bond motifs is 2. The van der Waals surface area contributed by atoms with Gasteiger partial charge in [-0.2, -0.15) is 18.2 Å². The Bertz CT molecular complexity index is 1320. The van der Waals surface area contributed by atoms with Crippen molar-refractivity contribution in [1.29, 1.82) is 0 Å². The molecule has 0 amide bonds. The van der Waals surface area contributed by atoms with Gasteiger partial charge in [0.25, 0.3) is 0 Å². The van der Waals surface area contributed by atoms with Crippen LogP contribution in [0.15, 0.2) is 36.7 Å². The average Bonchev–Trinajstić information content (AvgIpc) is 3.11. The zero-order valence-corrected chi connectivity index (χ0v) is 21.1. The first kappa shape index (κ1) is 26.8. The Hall–Kier alpha value is -3.84. The van der Waals surface area contributed by atoms with E-state index in [1.807, 2.05) is 0 Å². The third-order valence-corrected chi connectivity index (χ3v) is 6.36. The first-order valence-corrected chi connectivity index (χ1v) is 12.4. The highest BCUT2D eigenvalue weighted by Crippen LogP contribution is 2.43. The van der Waals surface area contributed by atoms with Gasteiger partial charge in [0, 0.05) is 37.8 Å². The predicted molar refractivity (Wildman–Crippen MR) is 134 cm³/mol. The number of hydrogen-bond donors (Lipinski definition) is 2. The number of benzene rings is 2. The van der Waals surface area contributed by atoms with Crippen molar-refractivity contribution in [3.05, 3.63) is 53.6 Å². The van der Waals surface area contributed by atoms with Gasteiger partial charge in [0.1, 0.15) is 17.8 Å². The third kappa shape index (κ3) is 6.09. The summed E-state index contributed by atoms with van der Waals surface area (Å²) in [5.74, 6) is 0.202. The molecule has 208 valence electrons. The Morgan fingerprint density at radius 1 is 1.13 bits per heavy atom. The molecule has 0 aliphatic carbocycles. The molecular weight excluding hydrogens is 522 g/mol. The smallest absolute Gasteiger partial charge is 0.419 e. The molecule has 0 spiro atoms. The predicted octanol–water partition coefficient (Wildman–Crippen LogP) is 5.21. The molecule has 39 heavy (non-hydrogen) atoms. The van der Waals surface area contributed by atoms with E-state index in [1.165, 1.54) is 19.5 Å². The maximum Gasteiger partial charge on any atom is 0.419 e. The quantitative estimate of drug-likeness (QED) is 0.291. The number of rotatable bonds is 8. The topological polar surface area (TPSA) is 90.0 Å². The van der Waals surface area contributed by atoms with E-state index in [9.17, 15) is 17.6 Å². The number of nitrogens with zero attached hydrogens (tertiary/aromatic N) is 3. The number of aromatic nitrogens is 2. The molecular formula is C26H27F4N5O4. The van der Waals surface area contributed by atoms with E-state index in [0.29, 0.717) is 29.9 Å². The van der Waals surface area contributed by atoms with Crippen molar-refractivity contribution >= 4 is 17.2 Å². The maximum atomic E-state index is 14.6. The van der Waals surface area contributed by atoms with Crippen molar-refractivity contribution in [3.63, 3.8) is 0 Å². The van der Waals surface area contributed by atoms with Gasteiger partial charge >= 0.3 is 6.18 Å². The SMILES string of the molecule is COc1cc2c(cc1OCCCN1CCOCC1)CNc1c(Nc3cccc(C(F)(F)F)c3F)ncnc1O2. The van der Waals surface area contributed by atoms with Crippen LogP contribution in [-0.2, 0) is 17.5 Å². The zero-order chi connectivity index (χ0) is 27.4. The summed E-state index contributed by atoms with van der Waals surface area (Å²) in [6, 6.07) is 6.47. The summed E-state index contributed by atoms with van der Waals surface area (Å²) >= 11 is 0. The Kier molecular flexibility index (Phi) is 7.89. The molecule has 13 heteroatoms. The average molecular weight is 550 g/mol. The number of methoxy groups -OCH3 is 1. The zero-order valence-electron chi connectivity index (χ0n) is 21.1. The first-order chi connectivity index (χ1) is 18.8. The molecule has 0 saturated carbocycles. The van der Waals surface area contributed by atoms with Crippen molar-refractivity contribution in [2.45, 2.75) is 19.1 Å². The van der Waals surface area contributed by atoms with Crippen molar-refractivity contribution in [3.8, 4) is 23.1 Å². The molecule has 3 aromatic rings. The minimum atomic E-state index is -4.84. The first-order valence-electron chi connectivity index (χ1n) is 12.4. The van der Waals surface area contributed by atoms with Crippen molar-refractivity contribution in [1.82, 2.24) is 14.9 Å². The molecule has 2 aliphatic heterocycles. The van der Waals surface area contributed by atoms with Gasteiger partial charge in [-0.1, -0.05) is 6.07 Å². The second kappa shape index (κ2) is 11.5. The fourth-order valence-electron chi connectivity index (χ4n) is 4.35. The Balaban J connectivity index is 1.32. The number of anilines is 3. The molecule has 5 rings (SSSR count). The van der Waals surface area contributed by atoms with E-state index >= 15 is 0 Å². The molecule has 0 radical (unpaired) electrons. The fraction of sp³-hybridized carbons (Fsp3) is 0.385. The highest BCUT2D eigenvalue weighted by Gasteiger charge is 2.35. The van der Waals surface area contributed by atoms with Gasteiger partial charge in [-0.15, -0.1) is 0 Å². The molecule has 2 aromatic carbocycles. The second-order valence-electron chi connectivity index (χ2n) is 8.91. The summed E-state index contributed by atoms with van der Waals surface area (Å²) in [5.41, 5.74) is -0.775. The lowest BCUT2D eigenvalue weighted by Gasteiger charge is -2.26. The van der Waals surface area contributed by atoms with Gasteiger partial charge in [-0.05, 0) is 24.6 Å². The van der Waals surface area contributed by atoms with Gasteiger partial charge in [-0.3, -0.25) is 4.90 Å². The lowest BCUT2D eigenvalue weighted by Crippen LogP contribution is -2.37. The van der Waals surface area contributed by atoms with E-state index in [0.717, 1.165) is 50.9 Å². The van der Waals surface area contributed by atoms with E-state index in [2.05, 4.69) is 25.5 Å². The van der Waals surface area contributed by atoms with E-state index < -0.39 is 17.6 Å². The number of halogens is 4. The van der Waals surface area contributed by atoms with Crippen LogP contribution in [0.4, 0.5) is 34.8 Å². The Labute approximate surface area is 222 Å². The van der Waals surface area contributed by atoms with Crippen LogP contribution in [0.5, 0.6) is 23.1 Å². The molecule has 0 bridgehead atoms. The number of alkyl halides is 3. The van der Waals surface area contributed by atoms with Crippen LogP contribution in [0.1, 0.15) is 17.5 Å². The number of morpholine rings is 1. The van der Waals surface area contributed by atoms with Crippen molar-refractivity contribution < 1.29 is 36.5 Å². The van der Waals surface area contributed by atoms with Gasteiger partial charge in [0.15, 0.2) is 23.1 Å². The van der Waals surface area contributed by atoms with Crippen molar-refractivity contribution in [2.24, 2.45) is 0 Å². The molecule has 2 N–H and O–H groups in total. The monoisotopic (exact) mass is 549 g/mol. The van der Waals surface area contributed by atoms with Crippen LogP contribution in [0, 0.1) is 5.82 Å². The van der Waals surface area contributed by atoms with Crippen LogP contribution in [-0.4, -0.2) is 61.4 Å². The minimum Gasteiger partial charge on any atom is -0.493 e. The minimum absolute atomic E-state index is 0.0533. The molecule has 9 nitrogen and oxygen atoms in total. The van der Waals surface area contributed by atoms with Crippen LogP contribution >= 0.6 is 0 Å². The maximum absolute atomic E-state index is 14.6. The van der Waals surface area contributed by atoms with Crippen LogP contribution < -0.4 is 24.8 Å². The highest BCUT2D eigenvalue weighted by atomic mass is 19.4. The summed E-state index contributed by atoms with van der Waals surface area (Å²) in [6.45, 7) is 4.94. The molecule has 1 fully saturated rings. The lowest BCUT2D eigenvalue weighted by atomic mass is 10.1. The van der Waals surface area contributed by atoms with E-state index in [1.54, 1.807) is 12.1 Å². The highest BCUT2D eigenvalue weighted by molar-refractivity contribution is 5.76. The van der Waals surface area contributed by atoms with E-state index in [-0.39, 0.29) is 29.6 Å². The number of nitrogens with one attached hydrogen (secondary N) is 2.